The summed E-state index contributed by atoms with van der Waals surface area (Å²) in [4.78, 5) is 2.15. The quantitative estimate of drug-likeness (QED) is 0.740. The third-order valence-electron chi connectivity index (χ3n) is 2.26. The first-order valence-electron chi connectivity index (χ1n) is 5.20. The Morgan fingerprint density at radius 1 is 1.33 bits per heavy atom. The van der Waals surface area contributed by atoms with Gasteiger partial charge in [0.15, 0.2) is 0 Å². The molecule has 1 rings (SSSR count). The van der Waals surface area contributed by atoms with Crippen LogP contribution in [0.1, 0.15) is 18.9 Å². The zero-order valence-corrected chi connectivity index (χ0v) is 9.11. The minimum absolute atomic E-state index is 0.0865. The monoisotopic (exact) mass is 203 g/mol. The number of aliphatic hydroxyl groups excluding tert-OH is 1. The van der Waals surface area contributed by atoms with Crippen LogP contribution in [0.25, 0.3) is 0 Å². The lowest BCUT2D eigenvalue weighted by atomic mass is 10.2. The van der Waals surface area contributed by atoms with E-state index in [1.165, 1.54) is 0 Å². The van der Waals surface area contributed by atoms with Gasteiger partial charge in [0, 0.05) is 12.2 Å². The highest BCUT2D eigenvalue weighted by atomic mass is 16.3. The summed E-state index contributed by atoms with van der Waals surface area (Å²) < 4.78 is 0. The zero-order valence-electron chi connectivity index (χ0n) is 9.11. The lowest BCUT2D eigenvalue weighted by molar-refractivity contribution is 0.282. The van der Waals surface area contributed by atoms with Crippen molar-refractivity contribution in [3.05, 3.63) is 29.8 Å². The van der Waals surface area contributed by atoms with Crippen molar-refractivity contribution in [2.24, 2.45) is 0 Å². The van der Waals surface area contributed by atoms with Gasteiger partial charge in [0.2, 0.25) is 0 Å². The SMILES string of the molecule is C#CCN(CCC)c1ccc(CO)cc1. The standard InChI is InChI=1S/C13H17NO/c1-3-9-14(10-4-2)13-7-5-12(11-15)6-8-13/h1,5-8,15H,4,9-11H2,2H3. The van der Waals surface area contributed by atoms with E-state index in [0.717, 1.165) is 24.2 Å². The van der Waals surface area contributed by atoms with Crippen molar-refractivity contribution in [1.82, 2.24) is 0 Å². The summed E-state index contributed by atoms with van der Waals surface area (Å²) in [6.45, 7) is 3.81. The number of hydrogen-bond donors (Lipinski definition) is 1. The van der Waals surface area contributed by atoms with E-state index in [4.69, 9.17) is 11.5 Å². The largest absolute Gasteiger partial charge is 0.392 e. The highest BCUT2D eigenvalue weighted by molar-refractivity contribution is 5.48. The van der Waals surface area contributed by atoms with Crippen LogP contribution in [-0.2, 0) is 6.61 Å². The molecule has 15 heavy (non-hydrogen) atoms. The van der Waals surface area contributed by atoms with Gasteiger partial charge in [-0.2, -0.15) is 0 Å². The van der Waals surface area contributed by atoms with Crippen LogP contribution in [0.4, 0.5) is 5.69 Å². The highest BCUT2D eigenvalue weighted by Crippen LogP contribution is 2.15. The van der Waals surface area contributed by atoms with Gasteiger partial charge in [-0.25, -0.2) is 0 Å². The van der Waals surface area contributed by atoms with Gasteiger partial charge >= 0.3 is 0 Å². The molecule has 0 spiro atoms. The number of nitrogens with zero attached hydrogens (tertiary/aromatic N) is 1. The smallest absolute Gasteiger partial charge is 0.0791 e. The number of benzene rings is 1. The van der Waals surface area contributed by atoms with Crippen LogP contribution in [0.5, 0.6) is 0 Å². The molecule has 2 nitrogen and oxygen atoms in total. The van der Waals surface area contributed by atoms with Crippen molar-refractivity contribution in [1.29, 1.82) is 0 Å². The van der Waals surface area contributed by atoms with Gasteiger partial charge in [0.1, 0.15) is 0 Å². The predicted octanol–water partition coefficient (Wildman–Crippen LogP) is 2.03. The fraction of sp³-hybridized carbons (Fsp3) is 0.385. The summed E-state index contributed by atoms with van der Waals surface area (Å²) in [7, 11) is 0. The molecule has 2 heteroatoms. The fourth-order valence-corrected chi connectivity index (χ4v) is 1.49. The molecule has 0 heterocycles. The molecule has 0 saturated carbocycles. The van der Waals surface area contributed by atoms with Crippen LogP contribution in [0, 0.1) is 12.3 Å². The molecule has 1 aromatic carbocycles. The molecule has 0 radical (unpaired) electrons. The summed E-state index contributed by atoms with van der Waals surface area (Å²) in [5.74, 6) is 2.66. The molecule has 0 aliphatic carbocycles. The van der Waals surface area contributed by atoms with Gasteiger partial charge in [-0.05, 0) is 24.1 Å². The van der Waals surface area contributed by atoms with E-state index in [1.54, 1.807) is 0 Å². The van der Waals surface area contributed by atoms with Crippen molar-refractivity contribution in [3.8, 4) is 12.3 Å². The van der Waals surface area contributed by atoms with Crippen molar-refractivity contribution >= 4 is 5.69 Å². The van der Waals surface area contributed by atoms with Crippen LogP contribution < -0.4 is 4.90 Å². The van der Waals surface area contributed by atoms with Crippen LogP contribution in [0.3, 0.4) is 0 Å². The number of terminal acetylenes is 1. The topological polar surface area (TPSA) is 23.5 Å². The molecule has 0 bridgehead atoms. The van der Waals surface area contributed by atoms with E-state index in [1.807, 2.05) is 24.3 Å². The van der Waals surface area contributed by atoms with Crippen LogP contribution in [0.15, 0.2) is 24.3 Å². The molecule has 0 aliphatic rings. The number of anilines is 1. The van der Waals surface area contributed by atoms with Gasteiger partial charge < -0.3 is 10.0 Å². The predicted molar refractivity (Wildman–Crippen MR) is 63.7 cm³/mol. The Bertz CT molecular complexity index is 323. The first-order chi connectivity index (χ1) is 7.31. The van der Waals surface area contributed by atoms with Gasteiger partial charge in [-0.3, -0.25) is 0 Å². The molecule has 1 N–H and O–H groups in total. The van der Waals surface area contributed by atoms with Crippen molar-refractivity contribution < 1.29 is 5.11 Å². The fourth-order valence-electron chi connectivity index (χ4n) is 1.49. The first-order valence-corrected chi connectivity index (χ1v) is 5.20. The molecule has 0 aliphatic heterocycles. The zero-order chi connectivity index (χ0) is 11.1. The lowest BCUT2D eigenvalue weighted by Crippen LogP contribution is -2.24. The van der Waals surface area contributed by atoms with Gasteiger partial charge in [0.05, 0.1) is 13.2 Å². The lowest BCUT2D eigenvalue weighted by Gasteiger charge is -2.21. The summed E-state index contributed by atoms with van der Waals surface area (Å²) >= 11 is 0. The molecular formula is C13H17NO. The molecule has 0 fully saturated rings. The maximum absolute atomic E-state index is 8.93. The average molecular weight is 203 g/mol. The maximum atomic E-state index is 8.93. The summed E-state index contributed by atoms with van der Waals surface area (Å²) in [6.07, 6.45) is 6.39. The second kappa shape index (κ2) is 6.10. The molecule has 1 aromatic rings. The average Bonchev–Trinajstić information content (AvgIpc) is 2.29. The Kier molecular flexibility index (Phi) is 4.73. The summed E-state index contributed by atoms with van der Waals surface area (Å²) in [5.41, 5.74) is 2.04. The molecule has 0 aromatic heterocycles. The number of aliphatic hydroxyl groups is 1. The van der Waals surface area contributed by atoms with Crippen molar-refractivity contribution in [2.75, 3.05) is 18.0 Å². The normalized spacial score (nSPS) is 9.67. The van der Waals surface area contributed by atoms with E-state index in [-0.39, 0.29) is 6.61 Å². The Labute approximate surface area is 91.5 Å². The van der Waals surface area contributed by atoms with Crippen LogP contribution >= 0.6 is 0 Å². The van der Waals surface area contributed by atoms with Crippen LogP contribution in [0.2, 0.25) is 0 Å². The minimum Gasteiger partial charge on any atom is -0.392 e. The van der Waals surface area contributed by atoms with E-state index in [0.29, 0.717) is 6.54 Å². The Hall–Kier alpha value is -1.46. The molecule has 80 valence electrons. The van der Waals surface area contributed by atoms with Gasteiger partial charge in [0.25, 0.3) is 0 Å². The minimum atomic E-state index is 0.0865. The molecular weight excluding hydrogens is 186 g/mol. The third-order valence-corrected chi connectivity index (χ3v) is 2.26. The molecule has 0 amide bonds. The Morgan fingerprint density at radius 3 is 2.47 bits per heavy atom. The second-order valence-corrected chi connectivity index (χ2v) is 3.45. The summed E-state index contributed by atoms with van der Waals surface area (Å²) in [6, 6.07) is 7.85. The molecule has 0 unspecified atom stereocenters. The molecule has 0 atom stereocenters. The van der Waals surface area contributed by atoms with Crippen LogP contribution in [-0.4, -0.2) is 18.2 Å². The van der Waals surface area contributed by atoms with Crippen molar-refractivity contribution in [2.45, 2.75) is 20.0 Å². The van der Waals surface area contributed by atoms with E-state index in [2.05, 4.69) is 17.7 Å². The third kappa shape index (κ3) is 3.30. The maximum Gasteiger partial charge on any atom is 0.0791 e. The highest BCUT2D eigenvalue weighted by Gasteiger charge is 2.03. The number of rotatable bonds is 5. The molecule has 0 saturated heterocycles. The van der Waals surface area contributed by atoms with Gasteiger partial charge in [-0.15, -0.1) is 6.42 Å². The van der Waals surface area contributed by atoms with E-state index in [9.17, 15) is 0 Å². The Balaban J connectivity index is 2.77. The second-order valence-electron chi connectivity index (χ2n) is 3.45. The van der Waals surface area contributed by atoms with Gasteiger partial charge in [-0.1, -0.05) is 25.0 Å². The number of hydrogen-bond acceptors (Lipinski definition) is 2. The van der Waals surface area contributed by atoms with E-state index < -0.39 is 0 Å². The van der Waals surface area contributed by atoms with Crippen molar-refractivity contribution in [3.63, 3.8) is 0 Å². The first kappa shape index (κ1) is 11.6. The van der Waals surface area contributed by atoms with E-state index >= 15 is 0 Å². The summed E-state index contributed by atoms with van der Waals surface area (Å²) in [5, 5.41) is 8.93. The Morgan fingerprint density at radius 2 is 2.00 bits per heavy atom.